The Kier molecular flexibility index (Phi) is 8.18. The summed E-state index contributed by atoms with van der Waals surface area (Å²) < 4.78 is 0. The van der Waals surface area contributed by atoms with Gasteiger partial charge in [-0.3, -0.25) is 4.79 Å². The van der Waals surface area contributed by atoms with Gasteiger partial charge in [-0.1, -0.05) is 68.7 Å². The van der Waals surface area contributed by atoms with Crippen LogP contribution in [0.4, 0.5) is 0 Å². The highest BCUT2D eigenvalue weighted by atomic mass is 16.1. The molecule has 0 saturated carbocycles. The van der Waals surface area contributed by atoms with Crippen LogP contribution in [0.1, 0.15) is 51.5 Å². The fourth-order valence-electron chi connectivity index (χ4n) is 2.25. The van der Waals surface area contributed by atoms with E-state index in [-0.39, 0.29) is 5.91 Å². The first-order valence-corrected chi connectivity index (χ1v) is 7.83. The van der Waals surface area contributed by atoms with Crippen molar-refractivity contribution in [3.05, 3.63) is 53.1 Å². The minimum atomic E-state index is -0.0116. The first kappa shape index (κ1) is 17.2. The summed E-state index contributed by atoms with van der Waals surface area (Å²) in [5.74, 6) is -0.0116. The molecule has 114 valence electrons. The Hall–Kier alpha value is -1.83. The number of hydrogen-bond donors (Lipinski definition) is 1. The number of allylic oxidation sites excluding steroid dienone is 2. The lowest BCUT2D eigenvalue weighted by atomic mass is 10.0. The Labute approximate surface area is 129 Å². The molecule has 0 fully saturated rings. The Morgan fingerprint density at radius 3 is 2.48 bits per heavy atom. The van der Waals surface area contributed by atoms with E-state index in [9.17, 15) is 4.79 Å². The van der Waals surface area contributed by atoms with E-state index in [1.807, 2.05) is 31.2 Å². The molecule has 21 heavy (non-hydrogen) atoms. The predicted molar refractivity (Wildman–Crippen MR) is 91.0 cm³/mol. The molecule has 1 rings (SSSR count). The van der Waals surface area contributed by atoms with Crippen molar-refractivity contribution in [3.63, 3.8) is 0 Å². The molecule has 0 bridgehead atoms. The molecule has 0 unspecified atom stereocenters. The summed E-state index contributed by atoms with van der Waals surface area (Å²) in [7, 11) is 1.67. The van der Waals surface area contributed by atoms with Gasteiger partial charge >= 0.3 is 0 Å². The maximum Gasteiger partial charge on any atom is 0.246 e. The third-order valence-corrected chi connectivity index (χ3v) is 3.46. The van der Waals surface area contributed by atoms with Gasteiger partial charge in [-0.15, -0.1) is 0 Å². The van der Waals surface area contributed by atoms with Crippen LogP contribution >= 0.6 is 0 Å². The number of likely N-dealkylation sites (N-methyl/N-ethyl adjacent to an activating group) is 1. The highest BCUT2D eigenvalue weighted by Crippen LogP contribution is 2.17. The summed E-state index contributed by atoms with van der Waals surface area (Å²) in [6, 6.07) is 10.3. The summed E-state index contributed by atoms with van der Waals surface area (Å²) in [6.45, 7) is 4.08. The molecule has 2 nitrogen and oxygen atoms in total. The number of benzene rings is 1. The van der Waals surface area contributed by atoms with E-state index in [1.165, 1.54) is 36.8 Å². The molecular weight excluding hydrogens is 258 g/mol. The maximum atomic E-state index is 11.7. The lowest BCUT2D eigenvalue weighted by Crippen LogP contribution is -2.18. The minimum absolute atomic E-state index is 0.0116. The van der Waals surface area contributed by atoms with Crippen LogP contribution in [-0.2, 0) is 4.79 Å². The van der Waals surface area contributed by atoms with E-state index in [4.69, 9.17) is 0 Å². The van der Waals surface area contributed by atoms with Gasteiger partial charge < -0.3 is 5.32 Å². The van der Waals surface area contributed by atoms with Gasteiger partial charge in [-0.25, -0.2) is 0 Å². The minimum Gasteiger partial charge on any atom is -0.355 e. The van der Waals surface area contributed by atoms with Crippen LogP contribution in [0.5, 0.6) is 0 Å². The van der Waals surface area contributed by atoms with Gasteiger partial charge in [0, 0.05) is 12.6 Å². The largest absolute Gasteiger partial charge is 0.355 e. The smallest absolute Gasteiger partial charge is 0.246 e. The van der Waals surface area contributed by atoms with Crippen LogP contribution in [0.25, 0.3) is 6.08 Å². The Balaban J connectivity index is 2.84. The normalized spacial score (nSPS) is 12.3. The third kappa shape index (κ3) is 6.94. The van der Waals surface area contributed by atoms with Gasteiger partial charge in [-0.2, -0.15) is 0 Å². The molecule has 0 radical (unpaired) electrons. The van der Waals surface area contributed by atoms with Crippen molar-refractivity contribution in [1.29, 1.82) is 0 Å². The van der Waals surface area contributed by atoms with Crippen molar-refractivity contribution in [1.82, 2.24) is 5.32 Å². The number of nitrogens with one attached hydrogen (secondary N) is 1. The molecule has 1 aromatic carbocycles. The predicted octanol–water partition coefficient (Wildman–Crippen LogP) is 4.73. The van der Waals surface area contributed by atoms with Gasteiger partial charge in [0.25, 0.3) is 0 Å². The zero-order chi connectivity index (χ0) is 15.5. The zero-order valence-corrected chi connectivity index (χ0v) is 13.5. The monoisotopic (exact) mass is 285 g/mol. The van der Waals surface area contributed by atoms with E-state index in [0.29, 0.717) is 0 Å². The van der Waals surface area contributed by atoms with Crippen molar-refractivity contribution in [2.24, 2.45) is 0 Å². The molecule has 1 amide bonds. The quantitative estimate of drug-likeness (QED) is 0.417. The molecule has 1 N–H and O–H groups in total. The van der Waals surface area contributed by atoms with Crippen LogP contribution in [0.15, 0.2) is 47.6 Å². The van der Waals surface area contributed by atoms with Crippen molar-refractivity contribution >= 4 is 12.0 Å². The second-order valence-electron chi connectivity index (χ2n) is 5.35. The summed E-state index contributed by atoms with van der Waals surface area (Å²) in [4.78, 5) is 11.7. The molecule has 1 aromatic rings. The Bertz CT molecular complexity index is 486. The number of unbranched alkanes of at least 4 members (excludes halogenated alkanes) is 3. The summed E-state index contributed by atoms with van der Waals surface area (Å²) in [5, 5.41) is 2.68. The second kappa shape index (κ2) is 9.98. The fourth-order valence-corrected chi connectivity index (χ4v) is 2.25. The van der Waals surface area contributed by atoms with Crippen molar-refractivity contribution < 1.29 is 4.79 Å². The maximum absolute atomic E-state index is 11.7. The summed E-state index contributed by atoms with van der Waals surface area (Å²) in [6.07, 6.45) is 10.1. The first-order valence-electron chi connectivity index (χ1n) is 7.83. The lowest BCUT2D eigenvalue weighted by molar-refractivity contribution is -0.116. The number of amides is 1. The molecular formula is C19H27NO. The second-order valence-corrected chi connectivity index (χ2v) is 5.35. The molecule has 0 aliphatic rings. The van der Waals surface area contributed by atoms with Crippen molar-refractivity contribution in [2.75, 3.05) is 7.05 Å². The van der Waals surface area contributed by atoms with Gasteiger partial charge in [0.05, 0.1) is 0 Å². The number of hydrogen-bond acceptors (Lipinski definition) is 1. The van der Waals surface area contributed by atoms with Crippen LogP contribution in [0, 0.1) is 0 Å². The zero-order valence-electron chi connectivity index (χ0n) is 13.5. The van der Waals surface area contributed by atoms with E-state index in [1.54, 1.807) is 7.05 Å². The highest BCUT2D eigenvalue weighted by molar-refractivity contribution is 5.93. The standard InChI is InChI=1S/C19H27NO/c1-4-5-6-8-13-18(14-16(2)19(21)20-3)15-17-11-9-7-10-12-17/h7,9-12,14-15H,4-6,8,13H2,1-3H3,(H,20,21)/b16-14+,18-15?. The van der Waals surface area contributed by atoms with E-state index < -0.39 is 0 Å². The average Bonchev–Trinajstić information content (AvgIpc) is 2.51. The van der Waals surface area contributed by atoms with Crippen molar-refractivity contribution in [3.8, 4) is 0 Å². The Morgan fingerprint density at radius 2 is 1.86 bits per heavy atom. The number of carbonyl (C=O) groups excluding carboxylic acids is 1. The number of carbonyl (C=O) groups is 1. The molecule has 0 aliphatic carbocycles. The Morgan fingerprint density at radius 1 is 1.14 bits per heavy atom. The van der Waals surface area contributed by atoms with Gasteiger partial charge in [0.15, 0.2) is 0 Å². The van der Waals surface area contributed by atoms with Crippen LogP contribution in [0.2, 0.25) is 0 Å². The molecule has 0 aliphatic heterocycles. The van der Waals surface area contributed by atoms with E-state index >= 15 is 0 Å². The molecule has 0 heterocycles. The van der Waals surface area contributed by atoms with Crippen LogP contribution < -0.4 is 5.32 Å². The molecule has 0 spiro atoms. The fraction of sp³-hybridized carbons (Fsp3) is 0.421. The molecule has 0 aromatic heterocycles. The third-order valence-electron chi connectivity index (χ3n) is 3.46. The van der Waals surface area contributed by atoms with Crippen LogP contribution in [0.3, 0.4) is 0 Å². The lowest BCUT2D eigenvalue weighted by Gasteiger charge is -2.06. The highest BCUT2D eigenvalue weighted by Gasteiger charge is 2.03. The van der Waals surface area contributed by atoms with Gasteiger partial charge in [0.1, 0.15) is 0 Å². The van der Waals surface area contributed by atoms with Gasteiger partial charge in [-0.05, 0) is 30.9 Å². The van der Waals surface area contributed by atoms with Gasteiger partial charge in [0.2, 0.25) is 5.91 Å². The molecule has 2 heteroatoms. The summed E-state index contributed by atoms with van der Waals surface area (Å²) in [5.41, 5.74) is 3.16. The van der Waals surface area contributed by atoms with E-state index in [0.717, 1.165) is 12.0 Å². The first-order chi connectivity index (χ1) is 10.2. The summed E-state index contributed by atoms with van der Waals surface area (Å²) >= 11 is 0. The number of rotatable bonds is 8. The average molecular weight is 285 g/mol. The van der Waals surface area contributed by atoms with E-state index in [2.05, 4.69) is 30.4 Å². The van der Waals surface area contributed by atoms with Crippen molar-refractivity contribution in [2.45, 2.75) is 46.0 Å². The molecule has 0 saturated heterocycles. The topological polar surface area (TPSA) is 29.1 Å². The SMILES string of the molecule is CCCCCCC(=Cc1ccccc1)/C=C(\C)C(=O)NC. The van der Waals surface area contributed by atoms with Crippen LogP contribution in [-0.4, -0.2) is 13.0 Å². The molecule has 0 atom stereocenters.